The van der Waals surface area contributed by atoms with Crippen molar-refractivity contribution in [2.24, 2.45) is 0 Å². The van der Waals surface area contributed by atoms with E-state index in [9.17, 15) is 0 Å². The number of thiocarbonyl (C=S) groups is 1. The maximum Gasteiger partial charge on any atom is 0.213 e. The second kappa shape index (κ2) is 10.4. The van der Waals surface area contributed by atoms with Gasteiger partial charge in [-0.15, -0.1) is 0 Å². The van der Waals surface area contributed by atoms with E-state index >= 15 is 0 Å². The van der Waals surface area contributed by atoms with E-state index in [0.717, 1.165) is 35.2 Å². The quantitative estimate of drug-likeness (QED) is 0.523. The molecule has 0 radical (unpaired) electrons. The third-order valence-corrected chi connectivity index (χ3v) is 4.75. The molecule has 24 heavy (non-hydrogen) atoms. The number of halogens is 1. The number of pyridine rings is 1. The molecule has 0 bridgehead atoms. The number of thioether (sulfide) groups is 1. The molecule has 1 aromatic carbocycles. The Kier molecular flexibility index (Phi) is 8.15. The molecular weight excluding hydrogens is 362 g/mol. The number of benzene rings is 1. The molecule has 0 saturated carbocycles. The van der Waals surface area contributed by atoms with E-state index in [1.807, 2.05) is 30.0 Å². The number of ether oxygens (including phenoxy) is 1. The molecule has 0 aliphatic rings. The van der Waals surface area contributed by atoms with Crippen LogP contribution in [0.15, 0.2) is 42.6 Å². The molecule has 0 saturated heterocycles. The number of methoxy groups -OCH3 is 1. The van der Waals surface area contributed by atoms with Crippen LogP contribution in [0.3, 0.4) is 0 Å². The van der Waals surface area contributed by atoms with Crippen LogP contribution in [0.25, 0.3) is 0 Å². The number of anilines is 1. The summed E-state index contributed by atoms with van der Waals surface area (Å²) in [4.78, 5) is 4.12. The molecule has 4 nitrogen and oxygen atoms in total. The molecule has 0 amide bonds. The van der Waals surface area contributed by atoms with Gasteiger partial charge in [0, 0.05) is 23.4 Å². The minimum absolute atomic E-state index is 0.581. The summed E-state index contributed by atoms with van der Waals surface area (Å²) in [5.41, 5.74) is 2.13. The highest BCUT2D eigenvalue weighted by Gasteiger charge is 1.99. The van der Waals surface area contributed by atoms with Crippen molar-refractivity contribution in [3.05, 3.63) is 53.2 Å². The molecule has 0 aliphatic carbocycles. The van der Waals surface area contributed by atoms with Gasteiger partial charge < -0.3 is 15.4 Å². The molecule has 7 heteroatoms. The smallest absolute Gasteiger partial charge is 0.213 e. The lowest BCUT2D eigenvalue weighted by atomic mass is 10.2. The third-order valence-electron chi connectivity index (χ3n) is 3.14. The lowest BCUT2D eigenvalue weighted by Crippen LogP contribution is -2.29. The lowest BCUT2D eigenvalue weighted by Gasteiger charge is -2.10. The summed E-state index contributed by atoms with van der Waals surface area (Å²) >= 11 is 13.0. The van der Waals surface area contributed by atoms with Gasteiger partial charge >= 0.3 is 0 Å². The van der Waals surface area contributed by atoms with E-state index in [4.69, 9.17) is 28.6 Å². The Morgan fingerprint density at radius 1 is 1.25 bits per heavy atom. The second-order valence-electron chi connectivity index (χ2n) is 5.00. The fourth-order valence-corrected chi connectivity index (χ4v) is 3.16. The van der Waals surface area contributed by atoms with E-state index < -0.39 is 0 Å². The third kappa shape index (κ3) is 6.95. The largest absolute Gasteiger partial charge is 0.481 e. The number of nitrogens with zero attached hydrogens (tertiary/aromatic N) is 1. The number of hydrogen-bond acceptors (Lipinski definition) is 4. The molecule has 0 unspecified atom stereocenters. The maximum absolute atomic E-state index is 5.87. The van der Waals surface area contributed by atoms with Crippen molar-refractivity contribution >= 4 is 46.4 Å². The van der Waals surface area contributed by atoms with Crippen LogP contribution in [0.2, 0.25) is 5.02 Å². The van der Waals surface area contributed by atoms with E-state index in [1.165, 1.54) is 5.56 Å². The lowest BCUT2D eigenvalue weighted by molar-refractivity contribution is 0.398. The highest BCUT2D eigenvalue weighted by atomic mass is 35.5. The van der Waals surface area contributed by atoms with Crippen LogP contribution in [0, 0.1) is 0 Å². The molecule has 0 spiro atoms. The Hall–Kier alpha value is -1.50. The van der Waals surface area contributed by atoms with Crippen LogP contribution in [-0.4, -0.2) is 29.5 Å². The Labute approximate surface area is 157 Å². The van der Waals surface area contributed by atoms with Gasteiger partial charge in [0.1, 0.15) is 0 Å². The van der Waals surface area contributed by atoms with E-state index in [2.05, 4.69) is 27.8 Å². The summed E-state index contributed by atoms with van der Waals surface area (Å²) in [6.45, 7) is 0.836. The van der Waals surface area contributed by atoms with Crippen molar-refractivity contribution in [3.63, 3.8) is 0 Å². The number of rotatable bonds is 8. The van der Waals surface area contributed by atoms with Crippen LogP contribution in [0.1, 0.15) is 12.0 Å². The van der Waals surface area contributed by atoms with Gasteiger partial charge in [-0.05, 0) is 48.2 Å². The number of nitrogens with one attached hydrogen (secondary N) is 2. The van der Waals surface area contributed by atoms with Gasteiger partial charge in [-0.2, -0.15) is 11.8 Å². The molecule has 2 aromatic rings. The molecule has 0 aliphatic heterocycles. The molecule has 1 heterocycles. The number of aromatic nitrogens is 1. The fraction of sp³-hybridized carbons (Fsp3) is 0.294. The van der Waals surface area contributed by atoms with Gasteiger partial charge in [0.2, 0.25) is 5.88 Å². The monoisotopic (exact) mass is 381 g/mol. The zero-order valence-corrected chi connectivity index (χ0v) is 15.8. The van der Waals surface area contributed by atoms with Gasteiger partial charge in [0.05, 0.1) is 19.0 Å². The Morgan fingerprint density at radius 2 is 2.04 bits per heavy atom. The zero-order valence-electron chi connectivity index (χ0n) is 13.4. The molecule has 128 valence electrons. The first kappa shape index (κ1) is 18.8. The summed E-state index contributed by atoms with van der Waals surface area (Å²) in [6, 6.07) is 11.7. The van der Waals surface area contributed by atoms with Gasteiger partial charge in [-0.25, -0.2) is 4.98 Å². The van der Waals surface area contributed by atoms with Gasteiger partial charge in [-0.3, -0.25) is 0 Å². The average Bonchev–Trinajstić information content (AvgIpc) is 2.60. The van der Waals surface area contributed by atoms with Crippen molar-refractivity contribution in [3.8, 4) is 5.88 Å². The van der Waals surface area contributed by atoms with Crippen molar-refractivity contribution in [2.45, 2.75) is 12.2 Å². The van der Waals surface area contributed by atoms with Crippen LogP contribution >= 0.6 is 35.6 Å². The highest BCUT2D eigenvalue weighted by molar-refractivity contribution is 7.98. The predicted molar refractivity (Wildman–Crippen MR) is 107 cm³/mol. The van der Waals surface area contributed by atoms with Crippen molar-refractivity contribution in [1.82, 2.24) is 10.3 Å². The molecule has 2 N–H and O–H groups in total. The minimum atomic E-state index is 0.581. The van der Waals surface area contributed by atoms with Gasteiger partial charge in [0.15, 0.2) is 5.11 Å². The van der Waals surface area contributed by atoms with E-state index in [0.29, 0.717) is 11.0 Å². The van der Waals surface area contributed by atoms with Crippen LogP contribution in [0.4, 0.5) is 5.69 Å². The normalized spacial score (nSPS) is 10.2. The average molecular weight is 382 g/mol. The summed E-state index contributed by atoms with van der Waals surface area (Å²) < 4.78 is 5.02. The highest BCUT2D eigenvalue weighted by Crippen LogP contribution is 2.16. The van der Waals surface area contributed by atoms with Crippen molar-refractivity contribution in [2.75, 3.05) is 24.7 Å². The summed E-state index contributed by atoms with van der Waals surface area (Å²) in [7, 11) is 1.59. The fourth-order valence-electron chi connectivity index (χ4n) is 1.90. The molecule has 0 atom stereocenters. The second-order valence-corrected chi connectivity index (χ2v) is 6.95. The Bertz CT molecular complexity index is 635. The van der Waals surface area contributed by atoms with Crippen LogP contribution in [0.5, 0.6) is 5.88 Å². The van der Waals surface area contributed by atoms with Crippen molar-refractivity contribution in [1.29, 1.82) is 0 Å². The first-order valence-electron chi connectivity index (χ1n) is 7.54. The van der Waals surface area contributed by atoms with E-state index in [1.54, 1.807) is 19.4 Å². The maximum atomic E-state index is 5.87. The minimum Gasteiger partial charge on any atom is -0.481 e. The zero-order chi connectivity index (χ0) is 17.2. The summed E-state index contributed by atoms with van der Waals surface area (Å²) in [5.74, 6) is 2.65. The van der Waals surface area contributed by atoms with Gasteiger partial charge in [-0.1, -0.05) is 23.7 Å². The Morgan fingerprint density at radius 3 is 2.71 bits per heavy atom. The summed E-state index contributed by atoms with van der Waals surface area (Å²) in [5, 5.41) is 7.67. The summed E-state index contributed by atoms with van der Waals surface area (Å²) in [6.07, 6.45) is 2.73. The first-order chi connectivity index (χ1) is 11.7. The first-order valence-corrected chi connectivity index (χ1v) is 9.48. The van der Waals surface area contributed by atoms with Crippen molar-refractivity contribution < 1.29 is 4.74 Å². The predicted octanol–water partition coefficient (Wildman–Crippen LogP) is 4.35. The molecule has 1 aromatic heterocycles. The SMILES string of the molecule is COc1ccc(NC(=S)NCCCSCc2ccc(Cl)cc2)cn1. The number of hydrogen-bond donors (Lipinski definition) is 2. The standard InChI is InChI=1S/C17H20ClN3OS2/c1-22-16-8-7-15(11-20-16)21-17(23)19-9-2-10-24-12-13-3-5-14(18)6-4-13/h3-8,11H,2,9-10,12H2,1H3,(H2,19,21,23). The van der Waals surface area contributed by atoms with E-state index in [-0.39, 0.29) is 0 Å². The molecular formula is C17H20ClN3OS2. The molecule has 0 fully saturated rings. The van der Waals surface area contributed by atoms with Crippen LogP contribution < -0.4 is 15.4 Å². The molecule has 2 rings (SSSR count). The topological polar surface area (TPSA) is 46.2 Å². The van der Waals surface area contributed by atoms with Crippen LogP contribution in [-0.2, 0) is 5.75 Å². The van der Waals surface area contributed by atoms with Gasteiger partial charge in [0.25, 0.3) is 0 Å². The Balaban J connectivity index is 1.56.